The molecule has 2 aromatic rings. The van der Waals surface area contributed by atoms with Crippen molar-refractivity contribution in [2.45, 2.75) is 25.7 Å². The number of rotatable bonds is 4. The smallest absolute Gasteiger partial charge is 0.409 e. The first kappa shape index (κ1) is 22.1. The van der Waals surface area contributed by atoms with Gasteiger partial charge >= 0.3 is 6.09 Å². The van der Waals surface area contributed by atoms with Crippen LogP contribution in [0.15, 0.2) is 36.4 Å². The molecule has 32 heavy (non-hydrogen) atoms. The largest absolute Gasteiger partial charge is 0.415 e. The maximum atomic E-state index is 12.9. The molecule has 0 aromatic heterocycles. The van der Waals surface area contributed by atoms with E-state index in [0.29, 0.717) is 50.3 Å². The summed E-state index contributed by atoms with van der Waals surface area (Å²) in [5.41, 5.74) is 5.79. The number of carbonyl (C=O) groups is 3. The molecule has 2 heterocycles. The first-order valence-electron chi connectivity index (χ1n) is 11.2. The molecule has 0 unspecified atom stereocenters. The van der Waals surface area contributed by atoms with Gasteiger partial charge in [-0.1, -0.05) is 30.3 Å². The third-order valence-electron chi connectivity index (χ3n) is 6.25. The van der Waals surface area contributed by atoms with Crippen molar-refractivity contribution in [2.24, 2.45) is 11.7 Å². The standard InChI is InChI=1S/C24H29N3O5/c25-23(29)22-19-5-2-1-4-18(19)6-7-20(22)32-24(30)27-11-3-10-26(12-13-27)21(28)16-17-8-14-31-15-9-17/h1-2,4-7,17H,3,8-16H2,(H2,25,29). The Labute approximate surface area is 187 Å². The number of hydrogen-bond donors (Lipinski definition) is 1. The molecule has 2 saturated heterocycles. The number of carbonyl (C=O) groups excluding carboxylic acids is 3. The molecular formula is C24H29N3O5. The van der Waals surface area contributed by atoms with Gasteiger partial charge in [0, 0.05) is 45.8 Å². The van der Waals surface area contributed by atoms with Gasteiger partial charge in [-0.3, -0.25) is 9.59 Å². The quantitative estimate of drug-likeness (QED) is 0.789. The van der Waals surface area contributed by atoms with Gasteiger partial charge in [-0.25, -0.2) is 4.79 Å². The van der Waals surface area contributed by atoms with Crippen LogP contribution >= 0.6 is 0 Å². The minimum absolute atomic E-state index is 0.137. The number of nitrogens with two attached hydrogens (primary N) is 1. The Bertz CT molecular complexity index is 1000. The van der Waals surface area contributed by atoms with Crippen molar-refractivity contribution in [3.8, 4) is 5.75 Å². The summed E-state index contributed by atoms with van der Waals surface area (Å²) in [7, 11) is 0. The van der Waals surface area contributed by atoms with Crippen LogP contribution in [0, 0.1) is 5.92 Å². The van der Waals surface area contributed by atoms with E-state index in [1.807, 2.05) is 17.0 Å². The first-order valence-corrected chi connectivity index (χ1v) is 11.2. The molecule has 8 nitrogen and oxygen atoms in total. The van der Waals surface area contributed by atoms with Gasteiger partial charge in [0.05, 0.1) is 5.56 Å². The second-order valence-corrected chi connectivity index (χ2v) is 8.37. The van der Waals surface area contributed by atoms with E-state index in [0.717, 1.165) is 31.4 Å². The van der Waals surface area contributed by atoms with Gasteiger partial charge in [0.1, 0.15) is 5.75 Å². The van der Waals surface area contributed by atoms with E-state index in [1.165, 1.54) is 0 Å². The highest BCUT2D eigenvalue weighted by molar-refractivity contribution is 6.09. The Balaban J connectivity index is 1.40. The van der Waals surface area contributed by atoms with Crippen LogP contribution in [-0.4, -0.2) is 67.1 Å². The van der Waals surface area contributed by atoms with Crippen LogP contribution in [-0.2, 0) is 9.53 Å². The van der Waals surface area contributed by atoms with Gasteiger partial charge in [-0.2, -0.15) is 0 Å². The zero-order valence-electron chi connectivity index (χ0n) is 18.1. The maximum Gasteiger partial charge on any atom is 0.415 e. The van der Waals surface area contributed by atoms with E-state index in [2.05, 4.69) is 0 Å². The molecule has 0 aliphatic carbocycles. The number of fused-ring (bicyclic) bond motifs is 1. The second kappa shape index (κ2) is 9.99. The molecular weight excluding hydrogens is 410 g/mol. The van der Waals surface area contributed by atoms with Gasteiger partial charge in [0.15, 0.2) is 0 Å². The SMILES string of the molecule is NC(=O)c1c(OC(=O)N2CCCN(C(=O)CC3CCOCC3)CC2)ccc2ccccc12. The lowest BCUT2D eigenvalue weighted by Gasteiger charge is -2.26. The van der Waals surface area contributed by atoms with E-state index in [-0.39, 0.29) is 17.2 Å². The highest BCUT2D eigenvalue weighted by Gasteiger charge is 2.26. The molecule has 170 valence electrons. The van der Waals surface area contributed by atoms with Crippen molar-refractivity contribution >= 4 is 28.7 Å². The highest BCUT2D eigenvalue weighted by atomic mass is 16.6. The lowest BCUT2D eigenvalue weighted by Crippen LogP contribution is -2.39. The molecule has 2 aliphatic heterocycles. The molecule has 8 heteroatoms. The molecule has 0 atom stereocenters. The summed E-state index contributed by atoms with van der Waals surface area (Å²) < 4.78 is 11.0. The van der Waals surface area contributed by atoms with Crippen LogP contribution in [0.3, 0.4) is 0 Å². The fourth-order valence-corrected chi connectivity index (χ4v) is 4.43. The molecule has 2 N–H and O–H groups in total. The normalized spacial score (nSPS) is 17.8. The van der Waals surface area contributed by atoms with Crippen LogP contribution in [0.25, 0.3) is 10.8 Å². The van der Waals surface area contributed by atoms with Crippen LogP contribution in [0.2, 0.25) is 0 Å². The lowest BCUT2D eigenvalue weighted by molar-refractivity contribution is -0.132. The van der Waals surface area contributed by atoms with Gasteiger partial charge in [0.2, 0.25) is 5.91 Å². The molecule has 2 fully saturated rings. The average molecular weight is 440 g/mol. The summed E-state index contributed by atoms with van der Waals surface area (Å²) in [4.78, 5) is 41.1. The molecule has 2 aliphatic rings. The van der Waals surface area contributed by atoms with Crippen LogP contribution in [0.1, 0.15) is 36.0 Å². The molecule has 2 aromatic carbocycles. The summed E-state index contributed by atoms with van der Waals surface area (Å²) in [5.74, 6) is 0.0154. The molecule has 4 rings (SSSR count). The fraction of sp³-hybridized carbons (Fsp3) is 0.458. The fourth-order valence-electron chi connectivity index (χ4n) is 4.43. The monoisotopic (exact) mass is 439 g/mol. The van der Waals surface area contributed by atoms with Crippen molar-refractivity contribution in [1.82, 2.24) is 9.80 Å². The van der Waals surface area contributed by atoms with Crippen LogP contribution < -0.4 is 10.5 Å². The zero-order valence-corrected chi connectivity index (χ0v) is 18.1. The molecule has 0 bridgehead atoms. The van der Waals surface area contributed by atoms with Crippen molar-refractivity contribution < 1.29 is 23.9 Å². The van der Waals surface area contributed by atoms with Crippen molar-refractivity contribution in [3.63, 3.8) is 0 Å². The summed E-state index contributed by atoms with van der Waals surface area (Å²) >= 11 is 0. The number of hydrogen-bond acceptors (Lipinski definition) is 5. The molecule has 0 saturated carbocycles. The zero-order chi connectivity index (χ0) is 22.5. The minimum atomic E-state index is -0.648. The Kier molecular flexibility index (Phi) is 6.90. The van der Waals surface area contributed by atoms with Crippen LogP contribution in [0.4, 0.5) is 4.79 Å². The van der Waals surface area contributed by atoms with Crippen molar-refractivity contribution in [3.05, 3.63) is 42.0 Å². The molecule has 0 radical (unpaired) electrons. The van der Waals surface area contributed by atoms with E-state index >= 15 is 0 Å². The second-order valence-electron chi connectivity index (χ2n) is 8.37. The summed E-state index contributed by atoms with van der Waals surface area (Å²) in [5, 5.41) is 1.49. The van der Waals surface area contributed by atoms with Crippen molar-refractivity contribution in [2.75, 3.05) is 39.4 Å². The summed E-state index contributed by atoms with van der Waals surface area (Å²) in [6, 6.07) is 10.7. The van der Waals surface area contributed by atoms with Gasteiger partial charge in [-0.15, -0.1) is 0 Å². The maximum absolute atomic E-state index is 12.9. The summed E-state index contributed by atoms with van der Waals surface area (Å²) in [6.07, 6.45) is 2.52. The van der Waals surface area contributed by atoms with Crippen LogP contribution in [0.5, 0.6) is 5.75 Å². The van der Waals surface area contributed by atoms with Gasteiger partial charge in [-0.05, 0) is 42.0 Å². The number of nitrogens with zero attached hydrogens (tertiary/aromatic N) is 2. The Hall–Kier alpha value is -3.13. The topological polar surface area (TPSA) is 102 Å². The molecule has 3 amide bonds. The number of primary amides is 1. The first-order chi connectivity index (χ1) is 15.5. The molecule has 0 spiro atoms. The van der Waals surface area contributed by atoms with E-state index < -0.39 is 12.0 Å². The number of ether oxygens (including phenoxy) is 2. The Morgan fingerprint density at radius 2 is 1.69 bits per heavy atom. The third-order valence-corrected chi connectivity index (χ3v) is 6.25. The van der Waals surface area contributed by atoms with Gasteiger partial charge in [0.25, 0.3) is 5.91 Å². The van der Waals surface area contributed by atoms with E-state index in [4.69, 9.17) is 15.2 Å². The number of benzene rings is 2. The minimum Gasteiger partial charge on any atom is -0.409 e. The van der Waals surface area contributed by atoms with E-state index in [1.54, 1.807) is 29.2 Å². The van der Waals surface area contributed by atoms with Gasteiger partial charge < -0.3 is 25.0 Å². The van der Waals surface area contributed by atoms with Crippen molar-refractivity contribution in [1.29, 1.82) is 0 Å². The summed E-state index contributed by atoms with van der Waals surface area (Å²) in [6.45, 7) is 3.41. The Morgan fingerprint density at radius 1 is 0.969 bits per heavy atom. The predicted octanol–water partition coefficient (Wildman–Crippen LogP) is 2.79. The third kappa shape index (κ3) is 5.02. The predicted molar refractivity (Wildman–Crippen MR) is 119 cm³/mol. The highest BCUT2D eigenvalue weighted by Crippen LogP contribution is 2.28. The lowest BCUT2D eigenvalue weighted by atomic mass is 9.96. The van der Waals surface area contributed by atoms with E-state index in [9.17, 15) is 14.4 Å². The average Bonchev–Trinajstić information content (AvgIpc) is 3.06. The number of amides is 3. The Morgan fingerprint density at radius 3 is 2.47 bits per heavy atom.